The molecule has 0 bridgehead atoms. The largest absolute Gasteiger partial charge is 0.325 e. The predicted molar refractivity (Wildman–Crippen MR) is 98.1 cm³/mol. The summed E-state index contributed by atoms with van der Waals surface area (Å²) in [4.78, 5) is 17.7. The van der Waals surface area contributed by atoms with E-state index < -0.39 is 0 Å². The van der Waals surface area contributed by atoms with Gasteiger partial charge < -0.3 is 5.32 Å². The molecule has 122 valence electrons. The topological polar surface area (TPSA) is 42.0 Å². The molecule has 0 aliphatic carbocycles. The molecule has 0 saturated heterocycles. The van der Waals surface area contributed by atoms with Crippen LogP contribution in [0.15, 0.2) is 58.8 Å². The summed E-state index contributed by atoms with van der Waals surface area (Å²) in [5.74, 6) is -0.414. The number of aromatic nitrogens is 1. The Morgan fingerprint density at radius 1 is 1.25 bits per heavy atom. The van der Waals surface area contributed by atoms with E-state index in [0.29, 0.717) is 10.7 Å². The van der Waals surface area contributed by atoms with Crippen molar-refractivity contribution in [2.75, 3.05) is 11.6 Å². The Bertz CT molecular complexity index is 863. The summed E-state index contributed by atoms with van der Waals surface area (Å²) in [6.45, 7) is 0. The molecule has 0 spiro atoms. The molecule has 1 N–H and O–H groups in total. The Kier molecular flexibility index (Phi) is 5.27. The van der Waals surface area contributed by atoms with Crippen LogP contribution in [0.2, 0.25) is 0 Å². The van der Waals surface area contributed by atoms with Crippen molar-refractivity contribution >= 4 is 34.7 Å². The molecule has 0 radical (unpaired) electrons. The highest BCUT2D eigenvalue weighted by atomic mass is 32.2. The summed E-state index contributed by atoms with van der Waals surface area (Å²) < 4.78 is 13.3. The van der Waals surface area contributed by atoms with E-state index in [0.717, 1.165) is 16.1 Å². The monoisotopic (exact) mass is 358 g/mol. The number of para-hydroxylation sites is 1. The van der Waals surface area contributed by atoms with Crippen LogP contribution in [0.25, 0.3) is 10.6 Å². The van der Waals surface area contributed by atoms with Crippen molar-refractivity contribution in [3.05, 3.63) is 65.4 Å². The zero-order chi connectivity index (χ0) is 16.9. The Labute approximate surface area is 148 Å². The number of carbonyl (C=O) groups excluding carboxylic acids is 1. The third kappa shape index (κ3) is 4.01. The van der Waals surface area contributed by atoms with Gasteiger partial charge in [-0.05, 0) is 30.5 Å². The summed E-state index contributed by atoms with van der Waals surface area (Å²) in [6.07, 6.45) is 2.16. The Hall–Kier alpha value is -2.18. The smallest absolute Gasteiger partial charge is 0.230 e. The second-order valence-corrected chi connectivity index (χ2v) is 6.79. The standard InChI is InChI=1S/C18H15FN2OS2/c1-23-16-8-3-2-7-15(16)21-17(22)10-14-11-24-18(20-14)12-5-4-6-13(19)9-12/h2-9,11H,10H2,1H3,(H,21,22). The van der Waals surface area contributed by atoms with Crippen molar-refractivity contribution < 1.29 is 9.18 Å². The van der Waals surface area contributed by atoms with Crippen molar-refractivity contribution in [2.24, 2.45) is 0 Å². The van der Waals surface area contributed by atoms with Gasteiger partial charge in [-0.25, -0.2) is 9.37 Å². The number of carbonyl (C=O) groups is 1. The molecule has 0 saturated carbocycles. The number of hydrogen-bond donors (Lipinski definition) is 1. The average molecular weight is 358 g/mol. The fourth-order valence-corrected chi connectivity index (χ4v) is 3.62. The van der Waals surface area contributed by atoms with Crippen molar-refractivity contribution in [3.8, 4) is 10.6 Å². The van der Waals surface area contributed by atoms with Gasteiger partial charge in [0.2, 0.25) is 5.91 Å². The Balaban J connectivity index is 1.69. The molecule has 6 heteroatoms. The third-order valence-electron chi connectivity index (χ3n) is 3.35. The van der Waals surface area contributed by atoms with Crippen LogP contribution < -0.4 is 5.32 Å². The number of rotatable bonds is 5. The lowest BCUT2D eigenvalue weighted by Gasteiger charge is -2.08. The van der Waals surface area contributed by atoms with Crippen molar-refractivity contribution in [3.63, 3.8) is 0 Å². The number of benzene rings is 2. The summed E-state index contributed by atoms with van der Waals surface area (Å²) in [5.41, 5.74) is 2.20. The minimum atomic E-state index is -0.296. The zero-order valence-corrected chi connectivity index (χ0v) is 14.6. The first kappa shape index (κ1) is 16.7. The molecule has 0 aliphatic heterocycles. The van der Waals surface area contributed by atoms with Crippen molar-refractivity contribution in [1.29, 1.82) is 0 Å². The highest BCUT2D eigenvalue weighted by Gasteiger charge is 2.11. The van der Waals surface area contributed by atoms with E-state index in [1.165, 1.54) is 23.5 Å². The normalized spacial score (nSPS) is 10.6. The number of halogens is 1. The van der Waals surface area contributed by atoms with Gasteiger partial charge in [0.05, 0.1) is 17.8 Å². The molecule has 3 aromatic rings. The SMILES string of the molecule is CSc1ccccc1NC(=O)Cc1csc(-c2cccc(F)c2)n1. The fourth-order valence-electron chi connectivity index (χ4n) is 2.25. The first-order valence-electron chi connectivity index (χ1n) is 7.29. The van der Waals surface area contributed by atoms with Gasteiger partial charge in [0.25, 0.3) is 0 Å². The van der Waals surface area contributed by atoms with Gasteiger partial charge >= 0.3 is 0 Å². The second-order valence-electron chi connectivity index (χ2n) is 5.08. The number of nitrogens with one attached hydrogen (secondary N) is 1. The van der Waals surface area contributed by atoms with Crippen LogP contribution >= 0.6 is 23.1 Å². The summed E-state index contributed by atoms with van der Waals surface area (Å²) in [7, 11) is 0. The van der Waals surface area contributed by atoms with E-state index in [2.05, 4.69) is 10.3 Å². The van der Waals surface area contributed by atoms with Gasteiger partial charge in [-0.1, -0.05) is 24.3 Å². The minimum Gasteiger partial charge on any atom is -0.325 e. The average Bonchev–Trinajstić information content (AvgIpc) is 3.03. The highest BCUT2D eigenvalue weighted by Crippen LogP contribution is 2.26. The number of anilines is 1. The number of thioether (sulfide) groups is 1. The molecule has 0 atom stereocenters. The summed E-state index contributed by atoms with van der Waals surface area (Å²) in [6, 6.07) is 14.0. The molecule has 1 aromatic heterocycles. The lowest BCUT2D eigenvalue weighted by Crippen LogP contribution is -2.15. The molecular weight excluding hydrogens is 343 g/mol. The van der Waals surface area contributed by atoms with E-state index in [9.17, 15) is 9.18 Å². The van der Waals surface area contributed by atoms with Gasteiger partial charge in [-0.3, -0.25) is 4.79 Å². The van der Waals surface area contributed by atoms with Crippen LogP contribution in [-0.4, -0.2) is 17.1 Å². The molecule has 0 unspecified atom stereocenters. The molecule has 2 aromatic carbocycles. The first-order valence-corrected chi connectivity index (χ1v) is 9.39. The van der Waals surface area contributed by atoms with Crippen LogP contribution in [-0.2, 0) is 11.2 Å². The maximum Gasteiger partial charge on any atom is 0.230 e. The van der Waals surface area contributed by atoms with E-state index in [1.807, 2.05) is 35.9 Å². The molecular formula is C18H15FN2OS2. The molecule has 1 heterocycles. The first-order chi connectivity index (χ1) is 11.7. The van der Waals surface area contributed by atoms with Gasteiger partial charge in [-0.2, -0.15) is 0 Å². The number of nitrogens with zero attached hydrogens (tertiary/aromatic N) is 1. The number of amides is 1. The van der Waals surface area contributed by atoms with Gasteiger partial charge in [0, 0.05) is 15.8 Å². The van der Waals surface area contributed by atoms with Crippen LogP contribution in [0.5, 0.6) is 0 Å². The number of hydrogen-bond acceptors (Lipinski definition) is 4. The third-order valence-corrected chi connectivity index (χ3v) is 5.08. The predicted octanol–water partition coefficient (Wildman–Crippen LogP) is 4.85. The number of thiazole rings is 1. The van der Waals surface area contributed by atoms with Gasteiger partial charge in [0.1, 0.15) is 10.8 Å². The van der Waals surface area contributed by atoms with Crippen molar-refractivity contribution in [1.82, 2.24) is 4.98 Å². The molecule has 3 rings (SSSR count). The molecule has 24 heavy (non-hydrogen) atoms. The quantitative estimate of drug-likeness (QED) is 0.663. The van der Waals surface area contributed by atoms with Gasteiger partial charge in [0.15, 0.2) is 0 Å². The zero-order valence-electron chi connectivity index (χ0n) is 13.0. The maximum atomic E-state index is 13.3. The molecule has 3 nitrogen and oxygen atoms in total. The fraction of sp³-hybridized carbons (Fsp3) is 0.111. The van der Waals surface area contributed by atoms with E-state index >= 15 is 0 Å². The van der Waals surface area contributed by atoms with Crippen LogP contribution in [0, 0.1) is 5.82 Å². The van der Waals surface area contributed by atoms with Crippen LogP contribution in [0.3, 0.4) is 0 Å². The Morgan fingerprint density at radius 3 is 2.88 bits per heavy atom. The van der Waals surface area contributed by atoms with Crippen LogP contribution in [0.1, 0.15) is 5.69 Å². The molecule has 0 fully saturated rings. The second kappa shape index (κ2) is 7.59. The van der Waals surface area contributed by atoms with Crippen LogP contribution in [0.4, 0.5) is 10.1 Å². The maximum absolute atomic E-state index is 13.3. The lowest BCUT2D eigenvalue weighted by molar-refractivity contribution is -0.115. The highest BCUT2D eigenvalue weighted by molar-refractivity contribution is 7.98. The summed E-state index contributed by atoms with van der Waals surface area (Å²) >= 11 is 2.99. The van der Waals surface area contributed by atoms with E-state index in [4.69, 9.17) is 0 Å². The molecule has 0 aliphatic rings. The van der Waals surface area contributed by atoms with Gasteiger partial charge in [-0.15, -0.1) is 23.1 Å². The van der Waals surface area contributed by atoms with E-state index in [-0.39, 0.29) is 18.1 Å². The Morgan fingerprint density at radius 2 is 2.08 bits per heavy atom. The van der Waals surface area contributed by atoms with E-state index in [1.54, 1.807) is 23.9 Å². The minimum absolute atomic E-state index is 0.118. The molecule has 1 amide bonds. The summed E-state index contributed by atoms with van der Waals surface area (Å²) in [5, 5.41) is 5.46. The van der Waals surface area contributed by atoms with Crippen molar-refractivity contribution in [2.45, 2.75) is 11.3 Å². The lowest BCUT2D eigenvalue weighted by atomic mass is 10.2.